The summed E-state index contributed by atoms with van der Waals surface area (Å²) in [6, 6.07) is 11.1. The monoisotopic (exact) mass is 286 g/mol. The highest BCUT2D eigenvalue weighted by Gasteiger charge is 2.13. The lowest BCUT2D eigenvalue weighted by Gasteiger charge is -2.14. The van der Waals surface area contributed by atoms with E-state index in [0.717, 1.165) is 12.1 Å². The van der Waals surface area contributed by atoms with Crippen LogP contribution < -0.4 is 5.32 Å². The summed E-state index contributed by atoms with van der Waals surface area (Å²) in [7, 11) is 0. The molecule has 2 rings (SSSR count). The summed E-state index contributed by atoms with van der Waals surface area (Å²) in [6.07, 6.45) is 0. The molecule has 5 heteroatoms. The van der Waals surface area contributed by atoms with Crippen molar-refractivity contribution in [3.8, 4) is 6.07 Å². The van der Waals surface area contributed by atoms with Gasteiger partial charge in [-0.05, 0) is 48.9 Å². The zero-order valence-corrected chi connectivity index (χ0v) is 11.2. The Morgan fingerprint density at radius 3 is 2.38 bits per heavy atom. The van der Waals surface area contributed by atoms with Crippen molar-refractivity contribution in [2.45, 2.75) is 13.0 Å². The second kappa shape index (κ2) is 6.14. The van der Waals surface area contributed by atoms with E-state index >= 15 is 0 Å². The minimum Gasteiger partial charge on any atom is -0.346 e. The summed E-state index contributed by atoms with van der Waals surface area (Å²) in [6.45, 7) is 1.67. The van der Waals surface area contributed by atoms with E-state index in [0.29, 0.717) is 16.7 Å². The maximum Gasteiger partial charge on any atom is 0.251 e. The number of hydrogen-bond donors (Lipinski definition) is 1. The third-order valence-corrected chi connectivity index (χ3v) is 3.07. The lowest BCUT2D eigenvalue weighted by Crippen LogP contribution is -2.26. The van der Waals surface area contributed by atoms with Crippen LogP contribution in [0.4, 0.5) is 8.78 Å². The predicted octanol–water partition coefficient (Wildman–Crippen LogP) is 3.33. The molecule has 0 aromatic heterocycles. The number of nitrogens with zero attached hydrogens (tertiary/aromatic N) is 1. The smallest absolute Gasteiger partial charge is 0.251 e. The molecule has 0 fully saturated rings. The summed E-state index contributed by atoms with van der Waals surface area (Å²) in [5.74, 6) is -2.23. The van der Waals surface area contributed by atoms with Gasteiger partial charge in [-0.1, -0.05) is 6.07 Å². The number of hydrogen-bond acceptors (Lipinski definition) is 2. The van der Waals surface area contributed by atoms with Crippen molar-refractivity contribution in [1.29, 1.82) is 5.26 Å². The van der Waals surface area contributed by atoms with Crippen LogP contribution in [-0.4, -0.2) is 5.91 Å². The van der Waals surface area contributed by atoms with Crippen LogP contribution >= 0.6 is 0 Å². The lowest BCUT2D eigenvalue weighted by molar-refractivity contribution is 0.0940. The van der Waals surface area contributed by atoms with E-state index < -0.39 is 17.7 Å². The van der Waals surface area contributed by atoms with E-state index in [-0.39, 0.29) is 5.91 Å². The van der Waals surface area contributed by atoms with Crippen molar-refractivity contribution >= 4 is 5.91 Å². The molecule has 1 atom stereocenters. The van der Waals surface area contributed by atoms with Gasteiger partial charge in [0.15, 0.2) is 11.6 Å². The predicted molar refractivity (Wildman–Crippen MR) is 73.4 cm³/mol. The first-order valence-corrected chi connectivity index (χ1v) is 6.27. The van der Waals surface area contributed by atoms with E-state index in [1.54, 1.807) is 6.92 Å². The molecule has 0 heterocycles. The Hall–Kier alpha value is -2.74. The molecule has 21 heavy (non-hydrogen) atoms. The van der Waals surface area contributed by atoms with Crippen LogP contribution in [-0.2, 0) is 0 Å². The molecule has 1 amide bonds. The number of rotatable bonds is 3. The van der Waals surface area contributed by atoms with Crippen LogP contribution in [0.2, 0.25) is 0 Å². The Morgan fingerprint density at radius 1 is 1.14 bits per heavy atom. The molecule has 0 unspecified atom stereocenters. The zero-order chi connectivity index (χ0) is 15.4. The van der Waals surface area contributed by atoms with Gasteiger partial charge < -0.3 is 5.32 Å². The molecule has 106 valence electrons. The average Bonchev–Trinajstić information content (AvgIpc) is 2.50. The number of amides is 1. The highest BCUT2D eigenvalue weighted by atomic mass is 19.2. The van der Waals surface area contributed by atoms with Gasteiger partial charge >= 0.3 is 0 Å². The maximum absolute atomic E-state index is 13.2. The van der Waals surface area contributed by atoms with Crippen LogP contribution in [0.15, 0.2) is 42.5 Å². The summed E-state index contributed by atoms with van der Waals surface area (Å²) < 4.78 is 26.0. The van der Waals surface area contributed by atoms with E-state index in [4.69, 9.17) is 5.26 Å². The minimum atomic E-state index is -0.952. The fourth-order valence-corrected chi connectivity index (χ4v) is 1.84. The summed E-state index contributed by atoms with van der Waals surface area (Å²) in [5.41, 5.74) is 1.32. The van der Waals surface area contributed by atoms with Gasteiger partial charge in [-0.2, -0.15) is 5.26 Å². The van der Waals surface area contributed by atoms with Crippen LogP contribution in [0.5, 0.6) is 0 Å². The second-order valence-electron chi connectivity index (χ2n) is 4.56. The standard InChI is InChI=1S/C16H12F2N2O/c1-10(13-6-7-14(17)15(18)8-13)20-16(21)12-4-2-11(9-19)3-5-12/h2-8,10H,1H3,(H,20,21)/t10-/m0/s1. The second-order valence-corrected chi connectivity index (χ2v) is 4.56. The number of nitrogens with one attached hydrogen (secondary N) is 1. The first kappa shape index (κ1) is 14.7. The molecule has 0 aliphatic heterocycles. The molecule has 1 N–H and O–H groups in total. The number of carbonyl (C=O) groups is 1. The zero-order valence-electron chi connectivity index (χ0n) is 11.2. The Kier molecular flexibility index (Phi) is 4.29. The molecule has 0 aliphatic rings. The normalized spacial score (nSPS) is 11.5. The number of benzene rings is 2. The molecule has 0 radical (unpaired) electrons. The fourth-order valence-electron chi connectivity index (χ4n) is 1.84. The number of carbonyl (C=O) groups excluding carboxylic acids is 1. The molecule has 2 aromatic carbocycles. The largest absolute Gasteiger partial charge is 0.346 e. The SMILES string of the molecule is C[C@H](NC(=O)c1ccc(C#N)cc1)c1ccc(F)c(F)c1. The molecule has 0 saturated carbocycles. The van der Waals surface area contributed by atoms with Gasteiger partial charge in [-0.3, -0.25) is 4.79 Å². The Bertz CT molecular complexity index is 705. The fraction of sp³-hybridized carbons (Fsp3) is 0.125. The molecule has 0 bridgehead atoms. The molecular weight excluding hydrogens is 274 g/mol. The third kappa shape index (κ3) is 3.42. The summed E-state index contributed by atoms with van der Waals surface area (Å²) >= 11 is 0. The minimum absolute atomic E-state index is 0.350. The molecule has 0 saturated heterocycles. The van der Waals surface area contributed by atoms with Gasteiger partial charge in [0, 0.05) is 5.56 Å². The van der Waals surface area contributed by atoms with E-state index in [1.807, 2.05) is 6.07 Å². The first-order valence-electron chi connectivity index (χ1n) is 6.27. The highest BCUT2D eigenvalue weighted by Crippen LogP contribution is 2.16. The van der Waals surface area contributed by atoms with E-state index in [1.165, 1.54) is 30.3 Å². The Balaban J connectivity index is 2.10. The van der Waals surface area contributed by atoms with Crippen LogP contribution in [0.3, 0.4) is 0 Å². The quantitative estimate of drug-likeness (QED) is 0.941. The van der Waals surface area contributed by atoms with Crippen LogP contribution in [0.1, 0.15) is 34.5 Å². The van der Waals surface area contributed by atoms with Gasteiger partial charge in [-0.15, -0.1) is 0 Å². The van der Waals surface area contributed by atoms with Crippen molar-refractivity contribution < 1.29 is 13.6 Å². The van der Waals surface area contributed by atoms with E-state index in [2.05, 4.69) is 5.32 Å². The first-order chi connectivity index (χ1) is 10.0. The Morgan fingerprint density at radius 2 is 1.81 bits per heavy atom. The molecule has 2 aromatic rings. The van der Waals surface area contributed by atoms with Crippen molar-refractivity contribution in [2.75, 3.05) is 0 Å². The third-order valence-electron chi connectivity index (χ3n) is 3.07. The van der Waals surface area contributed by atoms with Gasteiger partial charge in [0.2, 0.25) is 0 Å². The van der Waals surface area contributed by atoms with Crippen molar-refractivity contribution in [3.63, 3.8) is 0 Å². The molecule has 0 aliphatic carbocycles. The summed E-state index contributed by atoms with van der Waals surface area (Å²) in [5, 5.41) is 11.4. The lowest BCUT2D eigenvalue weighted by atomic mass is 10.1. The van der Waals surface area contributed by atoms with Gasteiger partial charge in [0.1, 0.15) is 0 Å². The highest BCUT2D eigenvalue weighted by molar-refractivity contribution is 5.94. The summed E-state index contributed by atoms with van der Waals surface area (Å²) in [4.78, 5) is 12.0. The van der Waals surface area contributed by atoms with Crippen LogP contribution in [0, 0.1) is 23.0 Å². The molecule has 3 nitrogen and oxygen atoms in total. The number of halogens is 2. The van der Waals surface area contributed by atoms with Gasteiger partial charge in [0.05, 0.1) is 17.7 Å². The van der Waals surface area contributed by atoms with E-state index in [9.17, 15) is 13.6 Å². The Labute approximate surface area is 120 Å². The average molecular weight is 286 g/mol. The van der Waals surface area contributed by atoms with Crippen molar-refractivity contribution in [1.82, 2.24) is 5.32 Å². The molecular formula is C16H12F2N2O. The number of nitriles is 1. The van der Waals surface area contributed by atoms with Gasteiger partial charge in [0.25, 0.3) is 5.91 Å². The maximum atomic E-state index is 13.2. The van der Waals surface area contributed by atoms with Gasteiger partial charge in [-0.25, -0.2) is 8.78 Å². The van der Waals surface area contributed by atoms with Crippen LogP contribution in [0.25, 0.3) is 0 Å². The van der Waals surface area contributed by atoms with Crippen molar-refractivity contribution in [3.05, 3.63) is 70.8 Å². The topological polar surface area (TPSA) is 52.9 Å². The molecule has 0 spiro atoms. The van der Waals surface area contributed by atoms with Crippen molar-refractivity contribution in [2.24, 2.45) is 0 Å².